The van der Waals surface area contributed by atoms with Gasteiger partial charge in [0, 0.05) is 0 Å². The van der Waals surface area contributed by atoms with Crippen LogP contribution in [0.15, 0.2) is 21.2 Å². The van der Waals surface area contributed by atoms with E-state index in [-0.39, 0.29) is 11.5 Å². The maximum absolute atomic E-state index is 11.4. The molecule has 4 heteroatoms. The minimum atomic E-state index is -0.951. The Morgan fingerprint density at radius 1 is 1.77 bits per heavy atom. The van der Waals surface area contributed by atoms with Gasteiger partial charge in [0.05, 0.1) is 10.7 Å². The summed E-state index contributed by atoms with van der Waals surface area (Å²) >= 11 is 3.16. The van der Waals surface area contributed by atoms with E-state index in [1.807, 2.05) is 6.92 Å². The molecule has 1 aromatic heterocycles. The van der Waals surface area contributed by atoms with E-state index in [0.717, 1.165) is 6.42 Å². The Balaban J connectivity index is 2.73. The number of Topliss-reactive ketones (excluding diaryl/α,β-unsaturated/α-hetero) is 1. The first-order valence-electron chi connectivity index (χ1n) is 4.12. The number of ketones is 1. The summed E-state index contributed by atoms with van der Waals surface area (Å²) in [6, 6.07) is 1.63. The molecule has 0 aliphatic rings. The summed E-state index contributed by atoms with van der Waals surface area (Å²) in [4.78, 5) is 11.4. The number of halogens is 1. The lowest BCUT2D eigenvalue weighted by Gasteiger charge is -2.05. The van der Waals surface area contributed by atoms with Crippen molar-refractivity contribution in [2.24, 2.45) is 0 Å². The van der Waals surface area contributed by atoms with Gasteiger partial charge in [0.2, 0.25) is 5.78 Å². The fourth-order valence-electron chi connectivity index (χ4n) is 1.03. The molecule has 0 amide bonds. The molecule has 1 atom stereocenters. The summed E-state index contributed by atoms with van der Waals surface area (Å²) in [6.07, 6.45) is 1.69. The van der Waals surface area contributed by atoms with Crippen LogP contribution in [0.5, 0.6) is 0 Å². The topological polar surface area (TPSA) is 50.4 Å². The minimum Gasteiger partial charge on any atom is -0.460 e. The van der Waals surface area contributed by atoms with Gasteiger partial charge in [-0.15, -0.1) is 0 Å². The van der Waals surface area contributed by atoms with Crippen molar-refractivity contribution in [3.63, 3.8) is 0 Å². The highest BCUT2D eigenvalue weighted by molar-refractivity contribution is 9.10. The molecule has 0 saturated heterocycles. The van der Waals surface area contributed by atoms with Crippen LogP contribution in [-0.4, -0.2) is 17.0 Å². The highest BCUT2D eigenvalue weighted by Crippen LogP contribution is 2.20. The van der Waals surface area contributed by atoms with Crippen molar-refractivity contribution < 1.29 is 14.3 Å². The van der Waals surface area contributed by atoms with E-state index in [1.165, 1.54) is 6.26 Å². The number of aliphatic hydroxyl groups excluding tert-OH is 1. The molecule has 0 saturated carbocycles. The van der Waals surface area contributed by atoms with Crippen molar-refractivity contribution in [3.8, 4) is 0 Å². The molecule has 0 aromatic carbocycles. The van der Waals surface area contributed by atoms with Gasteiger partial charge in [0.25, 0.3) is 0 Å². The van der Waals surface area contributed by atoms with Crippen LogP contribution >= 0.6 is 15.9 Å². The maximum Gasteiger partial charge on any atom is 0.227 e. The maximum atomic E-state index is 11.4. The van der Waals surface area contributed by atoms with E-state index >= 15 is 0 Å². The lowest BCUT2D eigenvalue weighted by molar-refractivity contribution is 0.0698. The number of rotatable bonds is 4. The molecule has 1 rings (SSSR count). The first kappa shape index (κ1) is 10.5. The van der Waals surface area contributed by atoms with Crippen molar-refractivity contribution >= 4 is 21.7 Å². The van der Waals surface area contributed by atoms with Crippen LogP contribution < -0.4 is 0 Å². The van der Waals surface area contributed by atoms with Gasteiger partial charge in [-0.05, 0) is 28.4 Å². The Hall–Kier alpha value is -0.610. The van der Waals surface area contributed by atoms with Crippen molar-refractivity contribution in [2.45, 2.75) is 25.9 Å². The molecule has 0 aliphatic carbocycles. The van der Waals surface area contributed by atoms with E-state index < -0.39 is 6.10 Å². The molecule has 0 fully saturated rings. The Morgan fingerprint density at radius 2 is 2.46 bits per heavy atom. The number of carbonyl (C=O) groups is 1. The van der Waals surface area contributed by atoms with Gasteiger partial charge in [-0.1, -0.05) is 13.3 Å². The zero-order valence-corrected chi connectivity index (χ0v) is 8.87. The lowest BCUT2D eigenvalue weighted by Crippen LogP contribution is -2.19. The van der Waals surface area contributed by atoms with Crippen molar-refractivity contribution in [1.82, 2.24) is 0 Å². The second kappa shape index (κ2) is 4.58. The zero-order chi connectivity index (χ0) is 9.84. The van der Waals surface area contributed by atoms with Crippen molar-refractivity contribution in [2.75, 3.05) is 0 Å². The monoisotopic (exact) mass is 246 g/mol. The van der Waals surface area contributed by atoms with Crippen LogP contribution in [0.1, 0.15) is 30.3 Å². The average Bonchev–Trinajstić information content (AvgIpc) is 2.50. The summed E-state index contributed by atoms with van der Waals surface area (Å²) in [5.74, 6) is -0.167. The van der Waals surface area contributed by atoms with Gasteiger partial charge >= 0.3 is 0 Å². The third-order valence-corrected chi connectivity index (χ3v) is 2.33. The minimum absolute atomic E-state index is 0.195. The Bertz CT molecular complexity index is 293. The third-order valence-electron chi connectivity index (χ3n) is 1.71. The highest BCUT2D eigenvalue weighted by atomic mass is 79.9. The molecule has 13 heavy (non-hydrogen) atoms. The summed E-state index contributed by atoms with van der Waals surface area (Å²) in [5.41, 5.74) is 0. The number of aliphatic hydroxyl groups is 1. The average molecular weight is 247 g/mol. The molecule has 0 aliphatic heterocycles. The van der Waals surface area contributed by atoms with Crippen LogP contribution in [0.3, 0.4) is 0 Å². The summed E-state index contributed by atoms with van der Waals surface area (Å²) in [5, 5.41) is 9.38. The number of carbonyl (C=O) groups excluding carboxylic acids is 1. The van der Waals surface area contributed by atoms with Crippen molar-refractivity contribution in [3.05, 3.63) is 22.6 Å². The normalized spacial score (nSPS) is 12.8. The molecule has 0 spiro atoms. The summed E-state index contributed by atoms with van der Waals surface area (Å²) in [6.45, 7) is 1.91. The number of furan rings is 1. The highest BCUT2D eigenvalue weighted by Gasteiger charge is 2.21. The summed E-state index contributed by atoms with van der Waals surface area (Å²) in [7, 11) is 0. The Kier molecular flexibility index (Phi) is 3.69. The Morgan fingerprint density at radius 3 is 2.92 bits per heavy atom. The predicted molar refractivity (Wildman–Crippen MR) is 51.7 cm³/mol. The Labute approximate surface area is 84.9 Å². The second-order valence-corrected chi connectivity index (χ2v) is 3.62. The van der Waals surface area contributed by atoms with E-state index in [9.17, 15) is 9.90 Å². The molecule has 3 nitrogen and oxygen atoms in total. The molecule has 1 N–H and O–H groups in total. The van der Waals surface area contributed by atoms with E-state index in [4.69, 9.17) is 4.42 Å². The number of hydrogen-bond acceptors (Lipinski definition) is 3. The lowest BCUT2D eigenvalue weighted by atomic mass is 10.1. The van der Waals surface area contributed by atoms with Crippen LogP contribution in [0.25, 0.3) is 0 Å². The first-order chi connectivity index (χ1) is 6.16. The van der Waals surface area contributed by atoms with E-state index in [2.05, 4.69) is 15.9 Å². The molecule has 1 heterocycles. The standard InChI is InChI=1S/C9H11BrO3/c1-2-3-7(11)8(12)9-6(10)4-5-13-9/h4-5,7,11H,2-3H2,1H3. The molecular formula is C9H11BrO3. The summed E-state index contributed by atoms with van der Waals surface area (Å²) < 4.78 is 5.53. The largest absolute Gasteiger partial charge is 0.460 e. The van der Waals surface area contributed by atoms with Gasteiger partial charge in [-0.2, -0.15) is 0 Å². The smallest absolute Gasteiger partial charge is 0.227 e. The predicted octanol–water partition coefficient (Wildman–Crippen LogP) is 2.39. The molecule has 0 bridgehead atoms. The number of hydrogen-bond donors (Lipinski definition) is 1. The first-order valence-corrected chi connectivity index (χ1v) is 4.91. The fraction of sp³-hybridized carbons (Fsp3) is 0.444. The van der Waals surface area contributed by atoms with Gasteiger partial charge < -0.3 is 9.52 Å². The molecule has 1 aromatic rings. The third kappa shape index (κ3) is 2.42. The zero-order valence-electron chi connectivity index (χ0n) is 7.29. The quantitative estimate of drug-likeness (QED) is 0.831. The van der Waals surface area contributed by atoms with Crippen LogP contribution in [0.2, 0.25) is 0 Å². The molecule has 72 valence electrons. The van der Waals surface area contributed by atoms with Crippen molar-refractivity contribution in [1.29, 1.82) is 0 Å². The van der Waals surface area contributed by atoms with Gasteiger partial charge in [-0.3, -0.25) is 4.79 Å². The van der Waals surface area contributed by atoms with Crippen LogP contribution in [0, 0.1) is 0 Å². The van der Waals surface area contributed by atoms with E-state index in [1.54, 1.807) is 6.07 Å². The van der Waals surface area contributed by atoms with Crippen LogP contribution in [0.4, 0.5) is 0 Å². The van der Waals surface area contributed by atoms with E-state index in [0.29, 0.717) is 10.9 Å². The second-order valence-electron chi connectivity index (χ2n) is 2.77. The van der Waals surface area contributed by atoms with Gasteiger partial charge in [0.15, 0.2) is 5.76 Å². The van der Waals surface area contributed by atoms with Crippen LogP contribution in [-0.2, 0) is 0 Å². The molecular weight excluding hydrogens is 236 g/mol. The SMILES string of the molecule is CCCC(O)C(=O)c1occc1Br. The molecule has 0 radical (unpaired) electrons. The fourth-order valence-corrected chi connectivity index (χ4v) is 1.42. The van der Waals surface area contributed by atoms with Gasteiger partial charge in [0.1, 0.15) is 6.10 Å². The van der Waals surface area contributed by atoms with Gasteiger partial charge in [-0.25, -0.2) is 0 Å². The molecule has 1 unspecified atom stereocenters.